The van der Waals surface area contributed by atoms with Crippen LogP contribution in [0.2, 0.25) is 0 Å². The number of rotatable bonds is 1. The summed E-state index contributed by atoms with van der Waals surface area (Å²) >= 11 is 0. The summed E-state index contributed by atoms with van der Waals surface area (Å²) in [5.41, 5.74) is 0.0448. The van der Waals surface area contributed by atoms with Crippen LogP contribution < -0.4 is 0 Å². The van der Waals surface area contributed by atoms with E-state index in [9.17, 15) is 9.18 Å². The van der Waals surface area contributed by atoms with E-state index in [0.717, 1.165) is 6.20 Å². The van der Waals surface area contributed by atoms with E-state index in [1.54, 1.807) is 11.8 Å². The maximum absolute atomic E-state index is 13.2. The molecule has 0 saturated carbocycles. The van der Waals surface area contributed by atoms with Gasteiger partial charge in [0.15, 0.2) is 0 Å². The molecule has 0 aromatic carbocycles. The van der Waals surface area contributed by atoms with Crippen LogP contribution in [0.1, 0.15) is 57.6 Å². The summed E-state index contributed by atoms with van der Waals surface area (Å²) in [5.74, 6) is -0.572. The first-order chi connectivity index (χ1) is 11.9. The van der Waals surface area contributed by atoms with Crippen LogP contribution in [0.15, 0.2) is 12.3 Å². The number of nitrogens with zero attached hydrogens (tertiary/aromatic N) is 2. The van der Waals surface area contributed by atoms with Crippen LogP contribution in [-0.2, 0) is 0 Å². The highest BCUT2D eigenvalue weighted by molar-refractivity contribution is 5.93. The van der Waals surface area contributed by atoms with E-state index in [1.807, 2.05) is 41.5 Å². The van der Waals surface area contributed by atoms with Crippen molar-refractivity contribution in [3.05, 3.63) is 29.3 Å². The molecule has 0 unspecified atom stereocenters. The molecule has 1 rings (SSSR count). The lowest BCUT2D eigenvalue weighted by Crippen LogP contribution is -2.55. The Morgan fingerprint density at radius 1 is 0.926 bits per heavy atom. The molecule has 0 fully saturated rings. The number of pyridine rings is 1. The van der Waals surface area contributed by atoms with Crippen LogP contribution in [0, 0.1) is 12.7 Å². The minimum atomic E-state index is -1.83. The zero-order valence-corrected chi connectivity index (χ0v) is 16.4. The fourth-order valence-electron chi connectivity index (χ4n) is 2.39. The number of amides is 1. The summed E-state index contributed by atoms with van der Waals surface area (Å²) in [7, 11) is 0. The van der Waals surface area contributed by atoms with Gasteiger partial charge in [0.1, 0.15) is 11.5 Å². The molecular formula is C17H27FN2O7. The average Bonchev–Trinajstić information content (AvgIpc) is 2.37. The molecule has 0 spiro atoms. The molecule has 0 aliphatic carbocycles. The minimum Gasteiger partial charge on any atom is -0.450 e. The van der Waals surface area contributed by atoms with Crippen molar-refractivity contribution in [3.8, 4) is 0 Å². The Bertz CT molecular complexity index is 630. The maximum Gasteiger partial charge on any atom is 0.503 e. The van der Waals surface area contributed by atoms with Crippen LogP contribution in [0.5, 0.6) is 0 Å². The van der Waals surface area contributed by atoms with Gasteiger partial charge in [0.2, 0.25) is 0 Å². The normalized spacial score (nSPS) is 10.5. The molecule has 0 aliphatic heterocycles. The predicted octanol–water partition coefficient (Wildman–Crippen LogP) is 4.01. The van der Waals surface area contributed by atoms with Gasteiger partial charge in [-0.25, -0.2) is 19.0 Å². The average molecular weight is 390 g/mol. The Morgan fingerprint density at radius 2 is 1.26 bits per heavy atom. The second-order valence-electron chi connectivity index (χ2n) is 7.37. The van der Waals surface area contributed by atoms with Gasteiger partial charge in [0.05, 0.1) is 6.20 Å². The van der Waals surface area contributed by atoms with Crippen LogP contribution in [0.25, 0.3) is 0 Å². The van der Waals surface area contributed by atoms with E-state index in [4.69, 9.17) is 30.0 Å². The molecule has 1 heterocycles. The maximum atomic E-state index is 13.2. The van der Waals surface area contributed by atoms with Crippen molar-refractivity contribution in [2.45, 2.75) is 59.5 Å². The van der Waals surface area contributed by atoms with Gasteiger partial charge in [-0.3, -0.25) is 4.79 Å². The number of carbonyl (C=O) groups is 3. The Labute approximate surface area is 157 Å². The molecule has 4 N–H and O–H groups in total. The molecule has 1 aromatic heterocycles. The molecule has 10 heteroatoms. The Morgan fingerprint density at radius 3 is 1.52 bits per heavy atom. The van der Waals surface area contributed by atoms with Gasteiger partial charge in [0, 0.05) is 11.1 Å². The largest absolute Gasteiger partial charge is 0.503 e. The number of hydrogen-bond acceptors (Lipinski definition) is 4. The first kappa shape index (κ1) is 26.3. The summed E-state index contributed by atoms with van der Waals surface area (Å²) in [6.45, 7) is 13.5. The molecule has 9 nitrogen and oxygen atoms in total. The third-order valence-electron chi connectivity index (χ3n) is 2.81. The first-order valence-corrected chi connectivity index (χ1v) is 7.71. The molecule has 0 bridgehead atoms. The van der Waals surface area contributed by atoms with E-state index in [-0.39, 0.29) is 22.7 Å². The van der Waals surface area contributed by atoms with Crippen molar-refractivity contribution in [1.82, 2.24) is 9.88 Å². The van der Waals surface area contributed by atoms with Gasteiger partial charge in [0.25, 0.3) is 5.91 Å². The second kappa shape index (κ2) is 10.3. The number of halogens is 1. The molecular weight excluding hydrogens is 363 g/mol. The quantitative estimate of drug-likeness (QED) is 0.562. The highest BCUT2D eigenvalue weighted by Gasteiger charge is 2.36. The van der Waals surface area contributed by atoms with Crippen molar-refractivity contribution in [2.24, 2.45) is 0 Å². The van der Waals surface area contributed by atoms with Crippen LogP contribution in [-0.4, -0.2) is 59.6 Å². The molecule has 1 aromatic rings. The first-order valence-electron chi connectivity index (χ1n) is 7.71. The van der Waals surface area contributed by atoms with Crippen molar-refractivity contribution in [1.29, 1.82) is 0 Å². The number of carboxylic acid groups (broad SMARTS) is 4. The topological polar surface area (TPSA) is 148 Å². The van der Waals surface area contributed by atoms with Gasteiger partial charge < -0.3 is 25.3 Å². The number of aryl methyl sites for hydroxylation is 1. The number of carbonyl (C=O) groups excluding carboxylic acids is 1. The molecule has 27 heavy (non-hydrogen) atoms. The molecule has 0 aliphatic rings. The van der Waals surface area contributed by atoms with E-state index in [2.05, 4.69) is 4.98 Å². The van der Waals surface area contributed by atoms with Crippen molar-refractivity contribution >= 4 is 18.2 Å². The third-order valence-corrected chi connectivity index (χ3v) is 2.81. The SMILES string of the molecule is Cc1cc(C(=O)N(C(C)(C)C)C(C)(C)C)ncc1F.O=C(O)O.O=C(O)O. The second-order valence-corrected chi connectivity index (χ2v) is 7.37. The highest BCUT2D eigenvalue weighted by atomic mass is 19.1. The van der Waals surface area contributed by atoms with Crippen molar-refractivity contribution in [2.75, 3.05) is 0 Å². The fraction of sp³-hybridized carbons (Fsp3) is 0.529. The smallest absolute Gasteiger partial charge is 0.450 e. The van der Waals surface area contributed by atoms with Gasteiger partial charge >= 0.3 is 12.3 Å². The standard InChI is InChI=1S/C15H23FN2O.2CH2O3/c1-10-8-12(17-9-11(10)16)13(19)18(14(2,3)4)15(5,6)7;2*2-1(3)4/h8-9H,1-7H3;2*(H2,2,3,4). The molecule has 0 saturated heterocycles. The third kappa shape index (κ3) is 11.3. The van der Waals surface area contributed by atoms with Crippen LogP contribution >= 0.6 is 0 Å². The van der Waals surface area contributed by atoms with Crippen molar-refractivity contribution in [3.63, 3.8) is 0 Å². The van der Waals surface area contributed by atoms with E-state index >= 15 is 0 Å². The van der Waals surface area contributed by atoms with E-state index in [0.29, 0.717) is 5.56 Å². The Hall–Kier alpha value is -2.91. The van der Waals surface area contributed by atoms with E-state index < -0.39 is 18.1 Å². The minimum absolute atomic E-state index is 0.178. The zero-order valence-electron chi connectivity index (χ0n) is 16.4. The number of aromatic nitrogens is 1. The summed E-state index contributed by atoms with van der Waals surface area (Å²) < 4.78 is 13.2. The molecule has 0 atom stereocenters. The lowest BCUT2D eigenvalue weighted by molar-refractivity contribution is 0.0264. The lowest BCUT2D eigenvalue weighted by atomic mass is 9.95. The Kier molecular flexibility index (Phi) is 10.0. The fourth-order valence-corrected chi connectivity index (χ4v) is 2.39. The van der Waals surface area contributed by atoms with Crippen LogP contribution in [0.3, 0.4) is 0 Å². The summed E-state index contributed by atoms with van der Waals surface area (Å²) in [6, 6.07) is 1.50. The summed E-state index contributed by atoms with van der Waals surface area (Å²) in [5, 5.41) is 27.9. The monoisotopic (exact) mass is 390 g/mol. The van der Waals surface area contributed by atoms with E-state index in [1.165, 1.54) is 6.07 Å². The summed E-state index contributed by atoms with van der Waals surface area (Å²) in [4.78, 5) is 35.5. The molecule has 0 radical (unpaired) electrons. The summed E-state index contributed by atoms with van der Waals surface area (Å²) in [6.07, 6.45) is -2.56. The predicted molar refractivity (Wildman–Crippen MR) is 95.9 cm³/mol. The van der Waals surface area contributed by atoms with Crippen molar-refractivity contribution < 1.29 is 39.2 Å². The van der Waals surface area contributed by atoms with Gasteiger partial charge in [-0.2, -0.15) is 0 Å². The Balaban J connectivity index is 0. The van der Waals surface area contributed by atoms with Gasteiger partial charge in [-0.1, -0.05) is 0 Å². The highest BCUT2D eigenvalue weighted by Crippen LogP contribution is 2.27. The van der Waals surface area contributed by atoms with Crippen LogP contribution in [0.4, 0.5) is 14.0 Å². The molecule has 154 valence electrons. The molecule has 1 amide bonds. The van der Waals surface area contributed by atoms with Gasteiger partial charge in [-0.05, 0) is 60.1 Å². The van der Waals surface area contributed by atoms with Gasteiger partial charge in [-0.15, -0.1) is 0 Å². The lowest BCUT2D eigenvalue weighted by Gasteiger charge is -2.45. The zero-order chi connectivity index (χ0) is 22.2. The number of hydrogen-bond donors (Lipinski definition) is 4.